The smallest absolute Gasteiger partial charge is 0.178 e. The van der Waals surface area contributed by atoms with Gasteiger partial charge in [-0.2, -0.15) is 10.5 Å². The number of rotatable bonds is 16. The van der Waals surface area contributed by atoms with Gasteiger partial charge in [-0.15, -0.1) is 0 Å². The minimum atomic E-state index is -3.12. The van der Waals surface area contributed by atoms with Crippen LogP contribution in [0.25, 0.3) is 0 Å². The molecule has 1 aliphatic carbocycles. The first-order valence-corrected chi connectivity index (χ1v) is 17.4. The number of thiocyanates is 2. The van der Waals surface area contributed by atoms with Crippen LogP contribution in [0.15, 0.2) is 35.2 Å². The largest absolute Gasteiger partial charge is 0.229 e. The molecule has 2 atom stereocenters. The van der Waals surface area contributed by atoms with Crippen LogP contribution in [-0.2, 0) is 19.7 Å². The molecule has 0 N–H and O–H groups in total. The molecular weight excluding hydrogens is 509 g/mol. The van der Waals surface area contributed by atoms with E-state index in [0.29, 0.717) is 22.5 Å². The third-order valence-corrected chi connectivity index (χ3v) is 9.68. The lowest BCUT2D eigenvalue weighted by Gasteiger charge is -2.04. The van der Waals surface area contributed by atoms with Gasteiger partial charge >= 0.3 is 0 Å². The molecule has 1 aromatic rings. The summed E-state index contributed by atoms with van der Waals surface area (Å²) in [6, 6.07) is 8.69. The van der Waals surface area contributed by atoms with E-state index in [2.05, 4.69) is 5.40 Å². The molecule has 0 spiro atoms. The SMILES string of the molecule is CS(=O)(=O)CCCCCCCSC#N.N#CSCCCC1CC1CCS(=O)(=O)c1ccccc1. The van der Waals surface area contributed by atoms with Gasteiger partial charge in [0, 0.05) is 23.5 Å². The zero-order valence-corrected chi connectivity index (χ0v) is 23.2. The Kier molecular flexibility index (Phi) is 15.7. The minimum absolute atomic E-state index is 0.255. The summed E-state index contributed by atoms with van der Waals surface area (Å²) in [6.07, 6.45) is 10.4. The molecule has 0 radical (unpaired) electrons. The van der Waals surface area contributed by atoms with E-state index in [4.69, 9.17) is 10.5 Å². The Morgan fingerprint density at radius 3 is 1.97 bits per heavy atom. The van der Waals surface area contributed by atoms with Gasteiger partial charge in [-0.25, -0.2) is 16.8 Å². The number of hydrogen-bond acceptors (Lipinski definition) is 8. The molecule has 0 bridgehead atoms. The molecule has 10 heteroatoms. The van der Waals surface area contributed by atoms with Crippen molar-refractivity contribution in [3.05, 3.63) is 30.3 Å². The summed E-state index contributed by atoms with van der Waals surface area (Å²) in [5, 5.41) is 20.8. The Balaban J connectivity index is 0.000000365. The number of unbranched alkanes of at least 4 members (excludes halogenated alkanes) is 4. The molecule has 6 nitrogen and oxygen atoms in total. The van der Waals surface area contributed by atoms with Crippen LogP contribution in [0.2, 0.25) is 0 Å². The second-order valence-electron chi connectivity index (χ2n) is 8.60. The molecule has 0 aliphatic heterocycles. The Morgan fingerprint density at radius 1 is 0.794 bits per heavy atom. The van der Waals surface area contributed by atoms with Crippen molar-refractivity contribution < 1.29 is 16.8 Å². The summed E-state index contributed by atoms with van der Waals surface area (Å²) in [6.45, 7) is 0. The third-order valence-electron chi connectivity index (χ3n) is 5.64. The maximum Gasteiger partial charge on any atom is 0.178 e. The molecule has 190 valence electrons. The Morgan fingerprint density at radius 2 is 1.35 bits per heavy atom. The molecular formula is C24H36N2O4S4. The van der Waals surface area contributed by atoms with Crippen molar-refractivity contribution in [3.63, 3.8) is 0 Å². The van der Waals surface area contributed by atoms with Crippen LogP contribution in [0.1, 0.15) is 57.8 Å². The number of hydrogen-bond donors (Lipinski definition) is 0. The van der Waals surface area contributed by atoms with Crippen molar-refractivity contribution in [3.8, 4) is 10.8 Å². The fourth-order valence-electron chi connectivity index (χ4n) is 3.65. The van der Waals surface area contributed by atoms with Crippen molar-refractivity contribution in [2.75, 3.05) is 29.3 Å². The summed E-state index contributed by atoms with van der Waals surface area (Å²) in [5.41, 5.74) is 0. The van der Waals surface area contributed by atoms with Crippen molar-refractivity contribution in [1.29, 1.82) is 10.5 Å². The zero-order chi connectivity index (χ0) is 25.3. The van der Waals surface area contributed by atoms with E-state index in [1.165, 1.54) is 29.8 Å². The lowest BCUT2D eigenvalue weighted by molar-refractivity contribution is 0.581. The van der Waals surface area contributed by atoms with Gasteiger partial charge in [-0.1, -0.05) is 37.5 Å². The molecule has 1 saturated carbocycles. The van der Waals surface area contributed by atoms with Gasteiger partial charge in [0.05, 0.1) is 10.6 Å². The van der Waals surface area contributed by atoms with E-state index < -0.39 is 19.7 Å². The number of benzene rings is 1. The molecule has 1 aliphatic rings. The molecule has 1 fully saturated rings. The quantitative estimate of drug-likeness (QED) is 0.193. The zero-order valence-electron chi connectivity index (χ0n) is 19.9. The van der Waals surface area contributed by atoms with Crippen LogP contribution in [0.4, 0.5) is 0 Å². The van der Waals surface area contributed by atoms with Gasteiger partial charge in [-0.05, 0) is 86.0 Å². The summed E-state index contributed by atoms with van der Waals surface area (Å²) >= 11 is 2.59. The van der Waals surface area contributed by atoms with Crippen LogP contribution in [0, 0.1) is 33.2 Å². The minimum Gasteiger partial charge on any atom is -0.229 e. The highest BCUT2D eigenvalue weighted by Crippen LogP contribution is 2.45. The van der Waals surface area contributed by atoms with E-state index >= 15 is 0 Å². The van der Waals surface area contributed by atoms with E-state index in [1.54, 1.807) is 24.3 Å². The van der Waals surface area contributed by atoms with Crippen LogP contribution in [-0.4, -0.2) is 46.1 Å². The molecule has 34 heavy (non-hydrogen) atoms. The van der Waals surface area contributed by atoms with Crippen molar-refractivity contribution >= 4 is 43.2 Å². The normalized spacial score (nSPS) is 17.1. The number of nitrogens with zero attached hydrogens (tertiary/aromatic N) is 2. The highest BCUT2D eigenvalue weighted by atomic mass is 32.2. The molecule has 0 saturated heterocycles. The second-order valence-corrected chi connectivity index (χ2v) is 14.7. The van der Waals surface area contributed by atoms with Crippen molar-refractivity contribution in [1.82, 2.24) is 0 Å². The molecule has 2 rings (SSSR count). The van der Waals surface area contributed by atoms with Crippen molar-refractivity contribution in [2.45, 2.75) is 62.7 Å². The molecule has 0 amide bonds. The Labute approximate surface area is 214 Å². The van der Waals surface area contributed by atoms with E-state index in [9.17, 15) is 16.8 Å². The van der Waals surface area contributed by atoms with Gasteiger partial charge in [0.15, 0.2) is 9.84 Å². The van der Waals surface area contributed by atoms with E-state index in [-0.39, 0.29) is 5.75 Å². The maximum absolute atomic E-state index is 12.1. The number of thioether (sulfide) groups is 2. The van der Waals surface area contributed by atoms with Gasteiger partial charge < -0.3 is 0 Å². The molecule has 1 aromatic carbocycles. The first-order valence-electron chi connectivity index (χ1n) is 11.7. The fraction of sp³-hybridized carbons (Fsp3) is 0.667. The number of sulfone groups is 2. The summed E-state index contributed by atoms with van der Waals surface area (Å²) < 4.78 is 45.8. The average Bonchev–Trinajstić information content (AvgIpc) is 3.56. The number of nitriles is 2. The summed E-state index contributed by atoms with van der Waals surface area (Å²) in [5.74, 6) is 3.59. The Bertz CT molecular complexity index is 984. The first-order chi connectivity index (χ1) is 16.2. The van der Waals surface area contributed by atoms with E-state index in [0.717, 1.165) is 69.3 Å². The average molecular weight is 545 g/mol. The lowest BCUT2D eigenvalue weighted by atomic mass is 10.2. The predicted octanol–water partition coefficient (Wildman–Crippen LogP) is 5.68. The van der Waals surface area contributed by atoms with Gasteiger partial charge in [0.1, 0.15) is 20.6 Å². The van der Waals surface area contributed by atoms with Crippen LogP contribution in [0.5, 0.6) is 0 Å². The lowest BCUT2D eigenvalue weighted by Crippen LogP contribution is -2.07. The summed E-state index contributed by atoms with van der Waals surface area (Å²) in [4.78, 5) is 0.433. The standard InChI is InChI=1S/C15H19NO2S2.C9H17NO2S2/c16-12-19-9-4-5-13-11-14(13)8-10-20(17,18)15-6-2-1-3-7-15;1-14(11,12)8-6-4-2-3-5-7-13-9-10/h1-3,6-7,13-14H,4-5,8-11H2;2-8H2,1H3. The van der Waals surface area contributed by atoms with Crippen LogP contribution < -0.4 is 0 Å². The Hall–Kier alpha value is -1.20. The van der Waals surface area contributed by atoms with E-state index in [1.807, 2.05) is 11.5 Å². The fourth-order valence-corrected chi connectivity index (χ4v) is 6.64. The van der Waals surface area contributed by atoms with Crippen LogP contribution >= 0.6 is 23.5 Å². The summed E-state index contributed by atoms with van der Waals surface area (Å²) in [7, 11) is -5.89. The molecule has 2 unspecified atom stereocenters. The highest BCUT2D eigenvalue weighted by Gasteiger charge is 2.36. The molecule has 0 aromatic heterocycles. The first kappa shape index (κ1) is 30.8. The van der Waals surface area contributed by atoms with Gasteiger partial charge in [0.25, 0.3) is 0 Å². The highest BCUT2D eigenvalue weighted by molar-refractivity contribution is 8.03. The van der Waals surface area contributed by atoms with Gasteiger partial charge in [-0.3, -0.25) is 0 Å². The topological polar surface area (TPSA) is 116 Å². The molecule has 0 heterocycles. The monoisotopic (exact) mass is 544 g/mol. The maximum atomic E-state index is 12.1. The second kappa shape index (κ2) is 17.3. The predicted molar refractivity (Wildman–Crippen MR) is 143 cm³/mol. The third kappa shape index (κ3) is 15.7. The van der Waals surface area contributed by atoms with Crippen molar-refractivity contribution in [2.24, 2.45) is 11.8 Å². The van der Waals surface area contributed by atoms with Crippen LogP contribution in [0.3, 0.4) is 0 Å². The van der Waals surface area contributed by atoms with Gasteiger partial charge in [0.2, 0.25) is 0 Å².